The summed E-state index contributed by atoms with van der Waals surface area (Å²) in [5.74, 6) is 0. The van der Waals surface area contributed by atoms with Crippen molar-refractivity contribution in [2.24, 2.45) is 0 Å². The summed E-state index contributed by atoms with van der Waals surface area (Å²) < 4.78 is 14.3. The number of benzene rings is 6. The lowest BCUT2D eigenvalue weighted by atomic mass is 9.73. The van der Waals surface area contributed by atoms with Gasteiger partial charge < -0.3 is 13.6 Å². The van der Waals surface area contributed by atoms with Crippen molar-refractivity contribution >= 4 is 126 Å². The van der Waals surface area contributed by atoms with Crippen LogP contribution in [0.1, 0.15) is 0 Å². The highest BCUT2D eigenvalue weighted by Crippen LogP contribution is 2.39. The van der Waals surface area contributed by atoms with E-state index >= 15 is 0 Å². The van der Waals surface area contributed by atoms with Crippen LogP contribution in [-0.4, -0.2) is 16.4 Å². The molecule has 0 aliphatic rings. The van der Waals surface area contributed by atoms with E-state index in [-0.39, 0.29) is 0 Å². The molecule has 0 saturated heterocycles. The Labute approximate surface area is 278 Å². The van der Waals surface area contributed by atoms with E-state index in [0.717, 1.165) is 57.8 Å². The largest absolute Gasteiger partial charge is 0.456 e. The Bertz CT molecular complexity index is 2590. The Balaban J connectivity index is 1.30. The van der Waals surface area contributed by atoms with Crippen molar-refractivity contribution in [3.63, 3.8) is 0 Å². The number of aromatic nitrogens is 2. The summed E-state index contributed by atoms with van der Waals surface area (Å²) in [5.41, 5.74) is 9.84. The van der Waals surface area contributed by atoms with Gasteiger partial charge in [-0.25, -0.2) is 0 Å². The summed E-state index contributed by atoms with van der Waals surface area (Å²) >= 11 is 11.1. The van der Waals surface area contributed by atoms with Gasteiger partial charge in [0.25, 0.3) is 0 Å². The van der Waals surface area contributed by atoms with Gasteiger partial charge in [0.15, 0.2) is 0 Å². The summed E-state index contributed by atoms with van der Waals surface area (Å²) in [6, 6.07) is 39.3. The van der Waals surface area contributed by atoms with E-state index in [4.69, 9.17) is 4.42 Å². The van der Waals surface area contributed by atoms with Crippen LogP contribution >= 0.6 is 47.8 Å². The second kappa shape index (κ2) is 9.86. The highest BCUT2D eigenvalue weighted by atomic mass is 79.9. The average molecular weight is 760 g/mol. The van der Waals surface area contributed by atoms with E-state index in [2.05, 4.69) is 180 Å². The van der Waals surface area contributed by atoms with Crippen molar-refractivity contribution in [2.75, 3.05) is 0 Å². The van der Waals surface area contributed by atoms with E-state index in [1.807, 2.05) is 0 Å². The van der Waals surface area contributed by atoms with Crippen molar-refractivity contribution in [3.8, 4) is 11.4 Å². The topological polar surface area (TPSA) is 23.0 Å². The predicted octanol–water partition coefficient (Wildman–Crippen LogP) is 11.4. The van der Waals surface area contributed by atoms with Crippen LogP contribution in [0.5, 0.6) is 0 Å². The summed E-state index contributed by atoms with van der Waals surface area (Å²) in [5, 5.41) is 7.06. The number of rotatable bonds is 3. The molecular weight excluding hydrogens is 739 g/mol. The third-order valence-electron chi connectivity index (χ3n) is 8.73. The van der Waals surface area contributed by atoms with Crippen molar-refractivity contribution in [1.29, 1.82) is 0 Å². The van der Waals surface area contributed by atoms with Gasteiger partial charge in [0, 0.05) is 57.1 Å². The Morgan fingerprint density at radius 3 is 1.30 bits per heavy atom. The standard InChI is InChI=1S/C37H21BBr3N2O/c1-38-20-2-8-32-26(14-20)27-15-21(39)3-9-33(27)42(32)24-6-12-36-30(18-24)31-19-25(7-13-37(31)44-36)43-34-10-4-22(40)16-28(34)29-17-23(41)5-11-35(29)43/h2-19H,1H3. The molecule has 3 heterocycles. The van der Waals surface area contributed by atoms with Gasteiger partial charge in [-0.05, 0) is 97.1 Å². The van der Waals surface area contributed by atoms with E-state index in [1.54, 1.807) is 0 Å². The fourth-order valence-electron chi connectivity index (χ4n) is 6.75. The molecule has 0 N–H and O–H groups in total. The van der Waals surface area contributed by atoms with Gasteiger partial charge in [-0.2, -0.15) is 0 Å². The summed E-state index contributed by atoms with van der Waals surface area (Å²) in [6.45, 7) is 2.08. The molecule has 0 bridgehead atoms. The summed E-state index contributed by atoms with van der Waals surface area (Å²) in [7, 11) is 2.15. The van der Waals surface area contributed by atoms with Crippen LogP contribution in [0.3, 0.4) is 0 Å². The molecule has 0 saturated carbocycles. The maximum absolute atomic E-state index is 6.38. The molecule has 9 aromatic rings. The maximum Gasteiger partial charge on any atom is 0.148 e. The zero-order valence-electron chi connectivity index (χ0n) is 23.4. The molecular formula is C37H21BBr3N2O. The van der Waals surface area contributed by atoms with Gasteiger partial charge >= 0.3 is 0 Å². The molecule has 1 radical (unpaired) electrons. The lowest BCUT2D eigenvalue weighted by Gasteiger charge is -2.09. The third-order valence-corrected chi connectivity index (χ3v) is 10.2. The summed E-state index contributed by atoms with van der Waals surface area (Å²) in [6.07, 6.45) is 0. The number of hydrogen-bond acceptors (Lipinski definition) is 1. The monoisotopic (exact) mass is 757 g/mol. The van der Waals surface area contributed by atoms with Crippen molar-refractivity contribution in [1.82, 2.24) is 9.13 Å². The Kier molecular flexibility index (Phi) is 5.97. The molecule has 44 heavy (non-hydrogen) atoms. The minimum absolute atomic E-state index is 0.876. The van der Waals surface area contributed by atoms with Gasteiger partial charge in [0.2, 0.25) is 0 Å². The van der Waals surface area contributed by atoms with Gasteiger partial charge in [0.1, 0.15) is 18.4 Å². The molecule has 7 heteroatoms. The maximum atomic E-state index is 6.38. The molecule has 3 aromatic heterocycles. The minimum Gasteiger partial charge on any atom is -0.456 e. The SMILES string of the molecule is C[B]c1ccc2c(c1)c1cc(Br)ccc1n2-c1ccc2oc3ccc(-n4c5ccc(Br)cc5c5cc(Br)ccc54)cc3c2c1. The Hall–Kier alpha value is -3.78. The molecule has 0 aliphatic carbocycles. The van der Waals surface area contributed by atoms with Gasteiger partial charge in [0.05, 0.1) is 22.1 Å². The molecule has 0 amide bonds. The van der Waals surface area contributed by atoms with E-state index < -0.39 is 0 Å². The Morgan fingerprint density at radius 1 is 0.455 bits per heavy atom. The zero-order chi connectivity index (χ0) is 29.7. The van der Waals surface area contributed by atoms with Crippen molar-refractivity contribution < 1.29 is 4.42 Å². The first-order chi connectivity index (χ1) is 21.5. The lowest BCUT2D eigenvalue weighted by Crippen LogP contribution is -2.09. The van der Waals surface area contributed by atoms with Crippen molar-refractivity contribution in [2.45, 2.75) is 6.82 Å². The van der Waals surface area contributed by atoms with Crippen LogP contribution in [0.25, 0.3) is 76.9 Å². The first-order valence-electron chi connectivity index (χ1n) is 14.4. The Morgan fingerprint density at radius 2 is 0.864 bits per heavy atom. The quantitative estimate of drug-likeness (QED) is 0.165. The normalized spacial score (nSPS) is 12.1. The van der Waals surface area contributed by atoms with E-state index in [9.17, 15) is 0 Å². The third kappa shape index (κ3) is 3.92. The average Bonchev–Trinajstić information content (AvgIpc) is 3.67. The second-order valence-corrected chi connectivity index (χ2v) is 13.9. The van der Waals surface area contributed by atoms with Gasteiger partial charge in [-0.15, -0.1) is 0 Å². The molecule has 0 fully saturated rings. The van der Waals surface area contributed by atoms with Crippen LogP contribution in [-0.2, 0) is 0 Å². The second-order valence-electron chi connectivity index (χ2n) is 11.2. The van der Waals surface area contributed by atoms with Crippen LogP contribution < -0.4 is 5.46 Å². The van der Waals surface area contributed by atoms with Crippen LogP contribution in [0.2, 0.25) is 6.82 Å². The van der Waals surface area contributed by atoms with Gasteiger partial charge in [-0.1, -0.05) is 72.2 Å². The number of hydrogen-bond donors (Lipinski definition) is 0. The van der Waals surface area contributed by atoms with Gasteiger partial charge in [-0.3, -0.25) is 0 Å². The highest BCUT2D eigenvalue weighted by molar-refractivity contribution is 9.11. The smallest absolute Gasteiger partial charge is 0.148 e. The molecule has 3 nitrogen and oxygen atoms in total. The molecule has 209 valence electrons. The molecule has 0 spiro atoms. The van der Waals surface area contributed by atoms with E-state index in [0.29, 0.717) is 0 Å². The fourth-order valence-corrected chi connectivity index (χ4v) is 7.83. The number of nitrogens with zero attached hydrogens (tertiary/aromatic N) is 2. The number of halogens is 3. The zero-order valence-corrected chi connectivity index (χ0v) is 28.2. The lowest BCUT2D eigenvalue weighted by molar-refractivity contribution is 0.669. The van der Waals surface area contributed by atoms with Crippen LogP contribution in [0, 0.1) is 0 Å². The number of furan rings is 1. The predicted molar refractivity (Wildman–Crippen MR) is 197 cm³/mol. The molecule has 0 aliphatic heterocycles. The molecule has 9 rings (SSSR count). The first kappa shape index (κ1) is 26.6. The first-order valence-corrected chi connectivity index (χ1v) is 16.7. The number of fused-ring (bicyclic) bond motifs is 9. The van der Waals surface area contributed by atoms with E-state index in [1.165, 1.54) is 38.0 Å². The van der Waals surface area contributed by atoms with Crippen LogP contribution in [0.4, 0.5) is 0 Å². The van der Waals surface area contributed by atoms with Crippen molar-refractivity contribution in [3.05, 3.63) is 123 Å². The fraction of sp³-hybridized carbons (Fsp3) is 0.0270. The summed E-state index contributed by atoms with van der Waals surface area (Å²) in [4.78, 5) is 0. The van der Waals surface area contributed by atoms with Crippen LogP contribution in [0.15, 0.2) is 127 Å². The molecule has 0 unspecified atom stereocenters. The molecule has 0 atom stereocenters. The molecule has 6 aromatic carbocycles. The minimum atomic E-state index is 0.876. The highest BCUT2D eigenvalue weighted by Gasteiger charge is 2.18.